The van der Waals surface area contributed by atoms with Crippen molar-refractivity contribution in [3.05, 3.63) is 66.7 Å². The number of pyridine rings is 1. The average molecular weight is 378 g/mol. The zero-order chi connectivity index (χ0) is 19.0. The summed E-state index contributed by atoms with van der Waals surface area (Å²) in [5.41, 5.74) is 4.90. The molecule has 0 aliphatic rings. The van der Waals surface area contributed by atoms with E-state index in [-0.39, 0.29) is 5.91 Å². The lowest BCUT2D eigenvalue weighted by molar-refractivity contribution is -0.111. The Morgan fingerprint density at radius 3 is 2.78 bits per heavy atom. The molecule has 0 aliphatic carbocycles. The predicted molar refractivity (Wildman–Crippen MR) is 108 cm³/mol. The number of nitrogens with one attached hydrogen (secondary N) is 2. The van der Waals surface area contributed by atoms with Gasteiger partial charge in [-0.2, -0.15) is 0 Å². The number of H-pyrrole nitrogens is 1. The lowest BCUT2D eigenvalue weighted by atomic mass is 10.1. The summed E-state index contributed by atoms with van der Waals surface area (Å²) in [6, 6.07) is 9.43. The molecule has 0 saturated heterocycles. The molecule has 0 saturated carbocycles. The van der Waals surface area contributed by atoms with Gasteiger partial charge in [-0.05, 0) is 36.4 Å². The van der Waals surface area contributed by atoms with Gasteiger partial charge in [-0.1, -0.05) is 18.2 Å². The summed E-state index contributed by atoms with van der Waals surface area (Å²) >= 11 is 5.94. The lowest BCUT2D eigenvalue weighted by Gasteiger charge is -2.06. The van der Waals surface area contributed by atoms with Crippen LogP contribution in [-0.2, 0) is 11.8 Å². The minimum Gasteiger partial charge on any atom is -0.353 e. The first-order valence-electron chi connectivity index (χ1n) is 8.24. The average Bonchev–Trinajstić information content (AvgIpc) is 3.27. The quantitative estimate of drug-likeness (QED) is 0.517. The number of hydrogen-bond donors (Lipinski definition) is 2. The molecule has 0 fully saturated rings. The Balaban J connectivity index is 1.90. The molecule has 0 bridgehead atoms. The summed E-state index contributed by atoms with van der Waals surface area (Å²) in [5, 5.41) is 4.34. The van der Waals surface area contributed by atoms with Crippen LogP contribution < -0.4 is 5.32 Å². The molecule has 3 aromatic heterocycles. The number of aromatic nitrogens is 4. The Hall–Kier alpha value is -3.38. The number of aryl methyl sites for hydroxylation is 1. The maximum atomic E-state index is 11.7. The minimum absolute atomic E-state index is 0.267. The van der Waals surface area contributed by atoms with E-state index in [1.807, 2.05) is 42.1 Å². The zero-order valence-electron chi connectivity index (χ0n) is 14.5. The molecular weight excluding hydrogens is 362 g/mol. The Morgan fingerprint density at radius 1 is 1.26 bits per heavy atom. The van der Waals surface area contributed by atoms with Crippen LogP contribution in [0.4, 0.5) is 5.69 Å². The third kappa shape index (κ3) is 3.35. The number of nitrogens with zero attached hydrogens (tertiary/aromatic N) is 3. The van der Waals surface area contributed by atoms with Crippen molar-refractivity contribution in [2.45, 2.75) is 0 Å². The van der Waals surface area contributed by atoms with Gasteiger partial charge in [0.05, 0.1) is 33.9 Å². The molecule has 1 aromatic carbocycles. The zero-order valence-corrected chi connectivity index (χ0v) is 15.3. The number of rotatable bonds is 4. The number of aromatic amines is 1. The van der Waals surface area contributed by atoms with Gasteiger partial charge in [-0.3, -0.25) is 9.78 Å². The molecule has 0 unspecified atom stereocenters. The van der Waals surface area contributed by atoms with Gasteiger partial charge < -0.3 is 14.9 Å². The third-order valence-electron chi connectivity index (χ3n) is 4.17. The smallest absolute Gasteiger partial charge is 0.247 e. The summed E-state index contributed by atoms with van der Waals surface area (Å²) in [7, 11) is 1.91. The van der Waals surface area contributed by atoms with Crippen LogP contribution in [0, 0.1) is 0 Å². The number of carbonyl (C=O) groups excluding carboxylic acids is 1. The van der Waals surface area contributed by atoms with E-state index in [1.165, 1.54) is 6.08 Å². The molecular formula is C20H16ClN5O. The van der Waals surface area contributed by atoms with Crippen LogP contribution in [0.25, 0.3) is 33.5 Å². The molecule has 1 amide bonds. The molecule has 6 nitrogen and oxygen atoms in total. The van der Waals surface area contributed by atoms with Gasteiger partial charge in [0.25, 0.3) is 0 Å². The van der Waals surface area contributed by atoms with Crippen molar-refractivity contribution >= 4 is 34.1 Å². The van der Waals surface area contributed by atoms with Crippen LogP contribution in [0.2, 0.25) is 5.02 Å². The van der Waals surface area contributed by atoms with Crippen molar-refractivity contribution in [3.63, 3.8) is 0 Å². The number of benzene rings is 1. The van der Waals surface area contributed by atoms with Crippen molar-refractivity contribution in [1.82, 2.24) is 19.5 Å². The van der Waals surface area contributed by atoms with Crippen molar-refractivity contribution in [1.29, 1.82) is 0 Å². The summed E-state index contributed by atoms with van der Waals surface area (Å²) < 4.78 is 1.88. The predicted octanol–water partition coefficient (Wildman–Crippen LogP) is 4.41. The maximum Gasteiger partial charge on any atom is 0.247 e. The fourth-order valence-electron chi connectivity index (χ4n) is 2.94. The fraction of sp³-hybridized carbons (Fsp3) is 0.0500. The van der Waals surface area contributed by atoms with E-state index >= 15 is 0 Å². The summed E-state index contributed by atoms with van der Waals surface area (Å²) in [4.78, 5) is 24.0. The molecule has 0 aliphatic heterocycles. The highest BCUT2D eigenvalue weighted by Crippen LogP contribution is 2.33. The van der Waals surface area contributed by atoms with Gasteiger partial charge in [0.1, 0.15) is 0 Å². The number of halogens is 1. The van der Waals surface area contributed by atoms with Crippen LogP contribution in [-0.4, -0.2) is 25.4 Å². The Bertz CT molecular complexity index is 1160. The van der Waals surface area contributed by atoms with E-state index in [1.54, 1.807) is 18.6 Å². The van der Waals surface area contributed by atoms with Crippen molar-refractivity contribution in [2.24, 2.45) is 7.05 Å². The molecule has 0 spiro atoms. The van der Waals surface area contributed by atoms with Gasteiger partial charge in [-0.15, -0.1) is 0 Å². The number of anilines is 1. The van der Waals surface area contributed by atoms with E-state index in [0.29, 0.717) is 10.7 Å². The second kappa shape index (κ2) is 6.74. The highest BCUT2D eigenvalue weighted by atomic mass is 35.5. The standard InChI is InChI=1S/C20H16ClN5O/c1-3-19(27)24-14-6-12-7-17(16-5-4-13(21)9-22-16)25-20(12)15(8-14)18-10-26(2)11-23-18/h3-11,25H,1H2,2H3,(H,24,27). The largest absolute Gasteiger partial charge is 0.353 e. The molecule has 0 atom stereocenters. The monoisotopic (exact) mass is 377 g/mol. The number of amides is 1. The number of hydrogen-bond acceptors (Lipinski definition) is 3. The summed E-state index contributed by atoms with van der Waals surface area (Å²) in [6.45, 7) is 3.50. The van der Waals surface area contributed by atoms with Gasteiger partial charge >= 0.3 is 0 Å². The Morgan fingerprint density at radius 2 is 2.11 bits per heavy atom. The van der Waals surface area contributed by atoms with E-state index in [0.717, 1.165) is 33.5 Å². The minimum atomic E-state index is -0.267. The molecule has 0 radical (unpaired) electrons. The van der Waals surface area contributed by atoms with E-state index < -0.39 is 0 Å². The first-order chi connectivity index (χ1) is 13.0. The van der Waals surface area contributed by atoms with Gasteiger partial charge in [0.2, 0.25) is 5.91 Å². The third-order valence-corrected chi connectivity index (χ3v) is 4.39. The maximum absolute atomic E-state index is 11.7. The van der Waals surface area contributed by atoms with Crippen LogP contribution >= 0.6 is 11.6 Å². The summed E-state index contributed by atoms with van der Waals surface area (Å²) in [5.74, 6) is -0.267. The van der Waals surface area contributed by atoms with Crippen molar-refractivity contribution in [2.75, 3.05) is 5.32 Å². The molecule has 4 aromatic rings. The second-order valence-electron chi connectivity index (χ2n) is 6.15. The topological polar surface area (TPSA) is 75.6 Å². The van der Waals surface area contributed by atoms with Crippen molar-refractivity contribution < 1.29 is 4.79 Å². The van der Waals surface area contributed by atoms with Crippen molar-refractivity contribution in [3.8, 4) is 22.6 Å². The Kier molecular flexibility index (Phi) is 4.25. The molecule has 2 N–H and O–H groups in total. The van der Waals surface area contributed by atoms with Gasteiger partial charge in [0, 0.05) is 36.1 Å². The fourth-order valence-corrected chi connectivity index (χ4v) is 3.05. The van der Waals surface area contributed by atoms with E-state index in [2.05, 4.69) is 26.8 Å². The number of carbonyl (C=O) groups is 1. The lowest BCUT2D eigenvalue weighted by Crippen LogP contribution is -2.07. The molecule has 3 heterocycles. The number of imidazole rings is 1. The molecule has 7 heteroatoms. The van der Waals surface area contributed by atoms with Crippen LogP contribution in [0.5, 0.6) is 0 Å². The Labute approximate surface area is 160 Å². The highest BCUT2D eigenvalue weighted by molar-refractivity contribution is 6.30. The SMILES string of the molecule is C=CC(=O)Nc1cc(-c2cn(C)cn2)c2[nH]c(-c3ccc(Cl)cn3)cc2c1. The normalized spacial score (nSPS) is 10.9. The summed E-state index contributed by atoms with van der Waals surface area (Å²) in [6.07, 6.45) is 6.51. The van der Waals surface area contributed by atoms with Crippen LogP contribution in [0.3, 0.4) is 0 Å². The van der Waals surface area contributed by atoms with Crippen LogP contribution in [0.15, 0.2) is 61.7 Å². The highest BCUT2D eigenvalue weighted by Gasteiger charge is 2.14. The first kappa shape index (κ1) is 17.1. The second-order valence-corrected chi connectivity index (χ2v) is 6.59. The van der Waals surface area contributed by atoms with Crippen LogP contribution in [0.1, 0.15) is 0 Å². The van der Waals surface area contributed by atoms with E-state index in [9.17, 15) is 4.79 Å². The van der Waals surface area contributed by atoms with Gasteiger partial charge in [-0.25, -0.2) is 4.98 Å². The van der Waals surface area contributed by atoms with Gasteiger partial charge in [0.15, 0.2) is 0 Å². The van der Waals surface area contributed by atoms with E-state index in [4.69, 9.17) is 11.6 Å². The number of fused-ring (bicyclic) bond motifs is 1. The molecule has 27 heavy (non-hydrogen) atoms. The molecule has 4 rings (SSSR count). The molecule has 134 valence electrons. The first-order valence-corrected chi connectivity index (χ1v) is 8.62.